The molecule has 3 nitrogen and oxygen atoms in total. The zero-order valence-corrected chi connectivity index (χ0v) is 10.0. The molecule has 0 fully saturated rings. The van der Waals surface area contributed by atoms with E-state index >= 15 is 0 Å². The number of halogens is 1. The fourth-order valence-corrected chi connectivity index (χ4v) is 0.895. The van der Waals surface area contributed by atoms with Crippen LogP contribution < -0.4 is 0 Å². The standard InChI is InChI=1S/C10H12BrN3/c1-10(2,3)14-7-13-9-5-4-8(11)6-12-9/h4-6H,1-3H3. The van der Waals surface area contributed by atoms with Crippen LogP contribution in [-0.2, 0) is 0 Å². The van der Waals surface area contributed by atoms with Gasteiger partial charge in [-0.2, -0.15) is 4.99 Å². The maximum absolute atomic E-state index is 4.11. The summed E-state index contributed by atoms with van der Waals surface area (Å²) >= 11 is 3.30. The second-order valence-electron chi connectivity index (χ2n) is 3.83. The number of pyridine rings is 1. The highest BCUT2D eigenvalue weighted by Crippen LogP contribution is 2.12. The summed E-state index contributed by atoms with van der Waals surface area (Å²) in [4.78, 5) is 12.2. The predicted molar refractivity (Wildman–Crippen MR) is 61.2 cm³/mol. The third kappa shape index (κ3) is 4.30. The molecule has 1 rings (SSSR count). The first-order chi connectivity index (χ1) is 6.47. The SMILES string of the molecule is CC(C)(C)N=C=Nc1ccc(Br)cn1. The Balaban J connectivity index is 2.79. The highest BCUT2D eigenvalue weighted by atomic mass is 79.9. The lowest BCUT2D eigenvalue weighted by Gasteiger charge is -2.06. The van der Waals surface area contributed by atoms with E-state index in [1.807, 2.05) is 26.8 Å². The van der Waals surface area contributed by atoms with E-state index < -0.39 is 0 Å². The molecule has 0 aromatic carbocycles. The first kappa shape index (κ1) is 11.1. The van der Waals surface area contributed by atoms with Crippen LogP contribution >= 0.6 is 15.9 Å². The van der Waals surface area contributed by atoms with Crippen LogP contribution in [0.25, 0.3) is 0 Å². The van der Waals surface area contributed by atoms with Crippen molar-refractivity contribution in [1.82, 2.24) is 4.98 Å². The summed E-state index contributed by atoms with van der Waals surface area (Å²) in [5.41, 5.74) is -0.140. The molecule has 0 spiro atoms. The van der Waals surface area contributed by atoms with Gasteiger partial charge in [-0.3, -0.25) is 0 Å². The number of rotatable bonds is 1. The molecule has 0 aliphatic rings. The molecule has 14 heavy (non-hydrogen) atoms. The van der Waals surface area contributed by atoms with Crippen molar-refractivity contribution in [1.29, 1.82) is 0 Å². The molecule has 0 saturated heterocycles. The van der Waals surface area contributed by atoms with Gasteiger partial charge in [-0.05, 0) is 48.8 Å². The minimum atomic E-state index is -0.140. The largest absolute Gasteiger partial charge is 0.235 e. The molecule has 0 saturated carbocycles. The van der Waals surface area contributed by atoms with Crippen molar-refractivity contribution in [3.8, 4) is 0 Å². The van der Waals surface area contributed by atoms with Crippen LogP contribution in [0.1, 0.15) is 20.8 Å². The fourth-order valence-electron chi connectivity index (χ4n) is 0.660. The average Bonchev–Trinajstić information content (AvgIpc) is 2.06. The fraction of sp³-hybridized carbons (Fsp3) is 0.400. The van der Waals surface area contributed by atoms with E-state index in [-0.39, 0.29) is 5.54 Å². The van der Waals surface area contributed by atoms with Gasteiger partial charge in [-0.1, -0.05) is 0 Å². The molecule has 4 heteroatoms. The highest BCUT2D eigenvalue weighted by molar-refractivity contribution is 9.10. The topological polar surface area (TPSA) is 37.6 Å². The van der Waals surface area contributed by atoms with Crippen LogP contribution in [0.5, 0.6) is 0 Å². The molecular formula is C10H12BrN3. The van der Waals surface area contributed by atoms with E-state index in [2.05, 4.69) is 36.9 Å². The van der Waals surface area contributed by atoms with Gasteiger partial charge >= 0.3 is 0 Å². The van der Waals surface area contributed by atoms with E-state index in [1.165, 1.54) is 0 Å². The molecule has 0 aliphatic heterocycles. The van der Waals surface area contributed by atoms with Gasteiger partial charge in [0.15, 0.2) is 5.82 Å². The molecule has 0 atom stereocenters. The Hall–Kier alpha value is -0.990. The van der Waals surface area contributed by atoms with Crippen LogP contribution in [0.2, 0.25) is 0 Å². The van der Waals surface area contributed by atoms with Gasteiger partial charge in [0.1, 0.15) is 0 Å². The van der Waals surface area contributed by atoms with Crippen LogP contribution in [-0.4, -0.2) is 16.5 Å². The highest BCUT2D eigenvalue weighted by Gasteiger charge is 2.04. The van der Waals surface area contributed by atoms with Crippen LogP contribution in [0.3, 0.4) is 0 Å². The van der Waals surface area contributed by atoms with Crippen molar-refractivity contribution in [3.05, 3.63) is 22.8 Å². The molecule has 1 aromatic rings. The molecule has 0 amide bonds. The minimum absolute atomic E-state index is 0.140. The van der Waals surface area contributed by atoms with Gasteiger partial charge < -0.3 is 0 Å². The molecule has 0 unspecified atom stereocenters. The van der Waals surface area contributed by atoms with E-state index in [4.69, 9.17) is 0 Å². The number of aliphatic imine (C=N–C) groups is 2. The van der Waals surface area contributed by atoms with Crippen molar-refractivity contribution < 1.29 is 0 Å². The third-order valence-corrected chi connectivity index (χ3v) is 1.73. The molecule has 0 bridgehead atoms. The lowest BCUT2D eigenvalue weighted by molar-refractivity contribution is 0.587. The van der Waals surface area contributed by atoms with Gasteiger partial charge in [0.2, 0.25) is 0 Å². The Labute approximate surface area is 92.1 Å². The monoisotopic (exact) mass is 253 g/mol. The van der Waals surface area contributed by atoms with Crippen LogP contribution in [0, 0.1) is 0 Å². The number of aromatic nitrogens is 1. The Kier molecular flexibility index (Phi) is 3.55. The third-order valence-electron chi connectivity index (χ3n) is 1.26. The second-order valence-corrected chi connectivity index (χ2v) is 4.74. The minimum Gasteiger partial charge on any atom is -0.235 e. The zero-order chi connectivity index (χ0) is 10.6. The summed E-state index contributed by atoms with van der Waals surface area (Å²) in [5, 5.41) is 0. The lowest BCUT2D eigenvalue weighted by Crippen LogP contribution is -2.07. The van der Waals surface area contributed by atoms with Gasteiger partial charge in [-0.25, -0.2) is 9.98 Å². The normalized spacial score (nSPS) is 10.6. The summed E-state index contributed by atoms with van der Waals surface area (Å²) in [5.74, 6) is 0.612. The first-order valence-corrected chi connectivity index (χ1v) is 5.06. The second kappa shape index (κ2) is 4.49. The molecular weight excluding hydrogens is 242 g/mol. The summed E-state index contributed by atoms with van der Waals surface area (Å²) in [6.07, 6.45) is 1.69. The summed E-state index contributed by atoms with van der Waals surface area (Å²) in [6, 6.07) is 6.31. The van der Waals surface area contributed by atoms with Crippen molar-refractivity contribution >= 4 is 27.8 Å². The molecule has 1 heterocycles. The van der Waals surface area contributed by atoms with Gasteiger partial charge in [0, 0.05) is 10.7 Å². The summed E-state index contributed by atoms with van der Waals surface area (Å²) < 4.78 is 0.934. The van der Waals surface area contributed by atoms with Crippen LogP contribution in [0.15, 0.2) is 32.8 Å². The number of nitrogens with zero attached hydrogens (tertiary/aromatic N) is 3. The van der Waals surface area contributed by atoms with E-state index in [1.54, 1.807) is 12.3 Å². The van der Waals surface area contributed by atoms with Crippen molar-refractivity contribution in [2.45, 2.75) is 26.3 Å². The predicted octanol–water partition coefficient (Wildman–Crippen LogP) is 3.45. The molecule has 1 aromatic heterocycles. The van der Waals surface area contributed by atoms with E-state index in [9.17, 15) is 0 Å². The van der Waals surface area contributed by atoms with E-state index in [0.717, 1.165) is 4.47 Å². The maximum Gasteiger partial charge on any atom is 0.163 e. The van der Waals surface area contributed by atoms with Gasteiger partial charge in [0.05, 0.1) is 11.5 Å². The van der Waals surface area contributed by atoms with Crippen LogP contribution in [0.4, 0.5) is 5.82 Å². The Bertz CT molecular complexity index is 356. The van der Waals surface area contributed by atoms with E-state index in [0.29, 0.717) is 5.82 Å². The zero-order valence-electron chi connectivity index (χ0n) is 8.45. The Morgan fingerprint density at radius 1 is 1.36 bits per heavy atom. The number of hydrogen-bond donors (Lipinski definition) is 0. The molecule has 0 N–H and O–H groups in total. The molecule has 0 radical (unpaired) electrons. The smallest absolute Gasteiger partial charge is 0.163 e. The lowest BCUT2D eigenvalue weighted by atomic mass is 10.1. The number of hydrogen-bond acceptors (Lipinski definition) is 3. The maximum atomic E-state index is 4.11. The average molecular weight is 254 g/mol. The Morgan fingerprint density at radius 3 is 2.57 bits per heavy atom. The van der Waals surface area contributed by atoms with Gasteiger partial charge in [-0.15, -0.1) is 0 Å². The summed E-state index contributed by atoms with van der Waals surface area (Å²) in [7, 11) is 0. The van der Waals surface area contributed by atoms with Crippen molar-refractivity contribution in [3.63, 3.8) is 0 Å². The van der Waals surface area contributed by atoms with Crippen molar-refractivity contribution in [2.24, 2.45) is 9.98 Å². The Morgan fingerprint density at radius 2 is 2.07 bits per heavy atom. The molecule has 74 valence electrons. The van der Waals surface area contributed by atoms with Gasteiger partial charge in [0.25, 0.3) is 0 Å². The molecule has 0 aliphatic carbocycles. The van der Waals surface area contributed by atoms with Crippen molar-refractivity contribution in [2.75, 3.05) is 0 Å². The quantitative estimate of drug-likeness (QED) is 0.707. The summed E-state index contributed by atoms with van der Waals surface area (Å²) in [6.45, 7) is 5.97. The first-order valence-electron chi connectivity index (χ1n) is 4.26.